The fourth-order valence-corrected chi connectivity index (χ4v) is 2.11. The van der Waals surface area contributed by atoms with E-state index in [1.165, 1.54) is 12.4 Å². The van der Waals surface area contributed by atoms with Crippen molar-refractivity contribution in [3.8, 4) is 0 Å². The number of hydrogen-bond acceptors (Lipinski definition) is 4. The Labute approximate surface area is 124 Å². The van der Waals surface area contributed by atoms with Crippen molar-refractivity contribution in [3.05, 3.63) is 41.5 Å². The van der Waals surface area contributed by atoms with Crippen LogP contribution in [0.25, 0.3) is 0 Å². The van der Waals surface area contributed by atoms with E-state index in [1.54, 1.807) is 12.1 Å². The van der Waals surface area contributed by atoms with Crippen LogP contribution in [0.15, 0.2) is 24.5 Å². The summed E-state index contributed by atoms with van der Waals surface area (Å²) in [6, 6.07) is 4.98. The molecule has 0 saturated carbocycles. The highest BCUT2D eigenvalue weighted by atomic mass is 19.1. The molecule has 0 amide bonds. The van der Waals surface area contributed by atoms with E-state index in [1.807, 2.05) is 13.8 Å². The lowest BCUT2D eigenvalue weighted by molar-refractivity contribution is 0.631. The van der Waals surface area contributed by atoms with Crippen LogP contribution in [-0.2, 0) is 6.42 Å². The molecule has 112 valence electrons. The minimum atomic E-state index is -0.288. The highest BCUT2D eigenvalue weighted by Gasteiger charge is 2.11. The Morgan fingerprint density at radius 3 is 2.62 bits per heavy atom. The molecule has 4 nitrogen and oxygen atoms in total. The van der Waals surface area contributed by atoms with Crippen LogP contribution in [0.4, 0.5) is 21.7 Å². The quantitative estimate of drug-likeness (QED) is 0.842. The number of nitrogens with zero attached hydrogens (tertiary/aromatic N) is 2. The van der Waals surface area contributed by atoms with Crippen molar-refractivity contribution in [1.82, 2.24) is 9.97 Å². The van der Waals surface area contributed by atoms with Gasteiger partial charge >= 0.3 is 0 Å². The second-order valence-corrected chi connectivity index (χ2v) is 4.94. The van der Waals surface area contributed by atoms with Crippen LogP contribution in [0.5, 0.6) is 0 Å². The molecule has 0 saturated heterocycles. The Bertz CT molecular complexity index is 613. The van der Waals surface area contributed by atoms with E-state index in [2.05, 4.69) is 27.5 Å². The Balaban J connectivity index is 2.33. The highest BCUT2D eigenvalue weighted by molar-refractivity contribution is 5.65. The summed E-state index contributed by atoms with van der Waals surface area (Å²) in [6.07, 6.45) is 3.28. The first kappa shape index (κ1) is 15.2. The SMILES string of the molecule is CCCNc1ncnc(Nc2cc(C)ccc2F)c1CC. The number of nitrogens with one attached hydrogen (secondary N) is 2. The average molecular weight is 288 g/mol. The zero-order valence-electron chi connectivity index (χ0n) is 12.7. The third-order valence-electron chi connectivity index (χ3n) is 3.22. The Morgan fingerprint density at radius 1 is 1.14 bits per heavy atom. The van der Waals surface area contributed by atoms with E-state index in [-0.39, 0.29) is 5.82 Å². The van der Waals surface area contributed by atoms with Gasteiger partial charge in [-0.25, -0.2) is 14.4 Å². The highest BCUT2D eigenvalue weighted by Crippen LogP contribution is 2.26. The summed E-state index contributed by atoms with van der Waals surface area (Å²) in [6.45, 7) is 6.91. The van der Waals surface area contributed by atoms with Crippen LogP contribution in [0.2, 0.25) is 0 Å². The zero-order chi connectivity index (χ0) is 15.2. The number of anilines is 3. The second kappa shape index (κ2) is 7.02. The number of hydrogen-bond donors (Lipinski definition) is 2. The summed E-state index contributed by atoms with van der Waals surface area (Å²) in [7, 11) is 0. The molecule has 0 aliphatic rings. The molecule has 5 heteroatoms. The summed E-state index contributed by atoms with van der Waals surface area (Å²) in [5.74, 6) is 1.17. The van der Waals surface area contributed by atoms with Crippen molar-refractivity contribution in [3.63, 3.8) is 0 Å². The third kappa shape index (κ3) is 3.68. The molecule has 1 heterocycles. The topological polar surface area (TPSA) is 49.8 Å². The summed E-state index contributed by atoms with van der Waals surface area (Å²) < 4.78 is 13.9. The first-order chi connectivity index (χ1) is 10.2. The predicted octanol–water partition coefficient (Wildman–Crippen LogP) is 4.05. The van der Waals surface area contributed by atoms with Crippen LogP contribution < -0.4 is 10.6 Å². The smallest absolute Gasteiger partial charge is 0.146 e. The van der Waals surface area contributed by atoms with Crippen LogP contribution in [0, 0.1) is 12.7 Å². The average Bonchev–Trinajstić information content (AvgIpc) is 2.49. The minimum Gasteiger partial charge on any atom is -0.370 e. The number of aromatic nitrogens is 2. The molecule has 0 aliphatic carbocycles. The molecule has 0 bridgehead atoms. The number of benzene rings is 1. The molecule has 1 aromatic heterocycles. The molecule has 2 aromatic rings. The van der Waals surface area contributed by atoms with Crippen molar-refractivity contribution < 1.29 is 4.39 Å². The van der Waals surface area contributed by atoms with E-state index in [9.17, 15) is 4.39 Å². The molecular weight excluding hydrogens is 267 g/mol. The maximum atomic E-state index is 13.9. The third-order valence-corrected chi connectivity index (χ3v) is 3.22. The fourth-order valence-electron chi connectivity index (χ4n) is 2.11. The van der Waals surface area contributed by atoms with Crippen molar-refractivity contribution in [2.45, 2.75) is 33.6 Å². The number of aryl methyl sites for hydroxylation is 1. The van der Waals surface area contributed by atoms with E-state index in [0.717, 1.165) is 36.3 Å². The molecule has 1 aromatic carbocycles. The van der Waals surface area contributed by atoms with Crippen LogP contribution in [-0.4, -0.2) is 16.5 Å². The van der Waals surface area contributed by atoms with Gasteiger partial charge < -0.3 is 10.6 Å². The van der Waals surface area contributed by atoms with Crippen LogP contribution in [0.1, 0.15) is 31.4 Å². The summed E-state index contributed by atoms with van der Waals surface area (Å²) in [5, 5.41) is 6.36. The number of rotatable bonds is 6. The van der Waals surface area contributed by atoms with Gasteiger partial charge in [-0.15, -0.1) is 0 Å². The molecule has 0 atom stereocenters. The maximum Gasteiger partial charge on any atom is 0.146 e. The molecule has 2 N–H and O–H groups in total. The first-order valence-corrected chi connectivity index (χ1v) is 7.26. The Morgan fingerprint density at radius 2 is 1.90 bits per heavy atom. The molecule has 0 unspecified atom stereocenters. The summed E-state index contributed by atoms with van der Waals surface area (Å²) in [4.78, 5) is 8.53. The van der Waals surface area contributed by atoms with Crippen LogP contribution >= 0.6 is 0 Å². The van der Waals surface area contributed by atoms with Crippen molar-refractivity contribution >= 4 is 17.3 Å². The fraction of sp³-hybridized carbons (Fsp3) is 0.375. The number of halogens is 1. The van der Waals surface area contributed by atoms with Gasteiger partial charge in [0.05, 0.1) is 5.69 Å². The van der Waals surface area contributed by atoms with Gasteiger partial charge in [-0.05, 0) is 37.5 Å². The normalized spacial score (nSPS) is 10.5. The molecule has 0 spiro atoms. The Kier molecular flexibility index (Phi) is 5.09. The van der Waals surface area contributed by atoms with E-state index >= 15 is 0 Å². The summed E-state index contributed by atoms with van der Waals surface area (Å²) in [5.41, 5.74) is 2.40. The largest absolute Gasteiger partial charge is 0.370 e. The van der Waals surface area contributed by atoms with Gasteiger partial charge in [0.2, 0.25) is 0 Å². The minimum absolute atomic E-state index is 0.288. The van der Waals surface area contributed by atoms with Gasteiger partial charge in [-0.2, -0.15) is 0 Å². The van der Waals surface area contributed by atoms with Gasteiger partial charge in [-0.3, -0.25) is 0 Å². The first-order valence-electron chi connectivity index (χ1n) is 7.26. The van der Waals surface area contributed by atoms with Gasteiger partial charge in [0, 0.05) is 12.1 Å². The van der Waals surface area contributed by atoms with E-state index < -0.39 is 0 Å². The van der Waals surface area contributed by atoms with Gasteiger partial charge in [0.25, 0.3) is 0 Å². The lowest BCUT2D eigenvalue weighted by atomic mass is 10.2. The predicted molar refractivity (Wildman–Crippen MR) is 84.6 cm³/mol. The molecule has 0 aliphatic heterocycles. The van der Waals surface area contributed by atoms with Gasteiger partial charge in [0.15, 0.2) is 0 Å². The second-order valence-electron chi connectivity index (χ2n) is 4.94. The molecular formula is C16H21FN4. The monoisotopic (exact) mass is 288 g/mol. The van der Waals surface area contributed by atoms with Crippen LogP contribution in [0.3, 0.4) is 0 Å². The van der Waals surface area contributed by atoms with Crippen molar-refractivity contribution in [2.75, 3.05) is 17.2 Å². The molecule has 0 fully saturated rings. The van der Waals surface area contributed by atoms with Crippen molar-refractivity contribution in [2.24, 2.45) is 0 Å². The molecule has 21 heavy (non-hydrogen) atoms. The molecule has 0 radical (unpaired) electrons. The zero-order valence-corrected chi connectivity index (χ0v) is 12.7. The lowest BCUT2D eigenvalue weighted by Crippen LogP contribution is -2.09. The van der Waals surface area contributed by atoms with Gasteiger partial charge in [0.1, 0.15) is 23.8 Å². The standard InChI is InChI=1S/C16H21FN4/c1-4-8-18-15-12(5-2)16(20-10-19-15)21-14-9-11(3)6-7-13(14)17/h6-7,9-10H,4-5,8H2,1-3H3,(H2,18,19,20,21). The Hall–Kier alpha value is -2.17. The molecule has 2 rings (SSSR count). The maximum absolute atomic E-state index is 13.9. The van der Waals surface area contributed by atoms with Crippen molar-refractivity contribution in [1.29, 1.82) is 0 Å². The van der Waals surface area contributed by atoms with Gasteiger partial charge in [-0.1, -0.05) is 19.9 Å². The summed E-state index contributed by atoms with van der Waals surface area (Å²) >= 11 is 0. The van der Waals surface area contributed by atoms with E-state index in [4.69, 9.17) is 0 Å². The van der Waals surface area contributed by atoms with E-state index in [0.29, 0.717) is 11.5 Å². The lowest BCUT2D eigenvalue weighted by Gasteiger charge is -2.14.